The number of amides is 1. The highest BCUT2D eigenvalue weighted by atomic mass is 35.5. The molecule has 17 heavy (non-hydrogen) atoms. The second kappa shape index (κ2) is 9.68. The molecule has 0 aromatic heterocycles. The molecule has 1 aliphatic rings. The van der Waals surface area contributed by atoms with Gasteiger partial charge in [0.15, 0.2) is 0 Å². The fraction of sp³-hybridized carbons (Fsp3) is 0.917. The van der Waals surface area contributed by atoms with Crippen molar-refractivity contribution < 1.29 is 9.90 Å². The van der Waals surface area contributed by atoms with Crippen LogP contribution in [0.15, 0.2) is 0 Å². The smallest absolute Gasteiger partial charge is 0.224 e. The summed E-state index contributed by atoms with van der Waals surface area (Å²) < 4.78 is 0. The summed E-state index contributed by atoms with van der Waals surface area (Å²) in [4.78, 5) is 11.8. The first-order valence-electron chi connectivity index (χ1n) is 6.37. The number of aliphatic hydroxyl groups excluding tert-OH is 1. The molecule has 2 atom stereocenters. The van der Waals surface area contributed by atoms with E-state index in [9.17, 15) is 4.79 Å². The van der Waals surface area contributed by atoms with E-state index in [1.54, 1.807) is 0 Å². The van der Waals surface area contributed by atoms with E-state index in [2.05, 4.69) is 17.6 Å². The molecule has 1 aliphatic heterocycles. The molecular formula is C12H25ClN2O2. The molecule has 0 bridgehead atoms. The Labute approximate surface area is 110 Å². The Hall–Kier alpha value is -0.320. The summed E-state index contributed by atoms with van der Waals surface area (Å²) in [5, 5.41) is 15.1. The van der Waals surface area contributed by atoms with E-state index in [0.717, 1.165) is 38.8 Å². The van der Waals surface area contributed by atoms with Crippen molar-refractivity contribution in [1.29, 1.82) is 0 Å². The minimum absolute atomic E-state index is 0. The van der Waals surface area contributed by atoms with Gasteiger partial charge in [-0.05, 0) is 31.7 Å². The Morgan fingerprint density at radius 3 is 2.88 bits per heavy atom. The number of aliphatic hydroxyl groups is 1. The van der Waals surface area contributed by atoms with E-state index in [0.29, 0.717) is 12.5 Å². The second-order valence-corrected chi connectivity index (χ2v) is 4.57. The lowest BCUT2D eigenvalue weighted by Crippen LogP contribution is -2.42. The molecule has 3 N–H and O–H groups in total. The van der Waals surface area contributed by atoms with Crippen LogP contribution in [0.2, 0.25) is 0 Å². The van der Waals surface area contributed by atoms with E-state index >= 15 is 0 Å². The van der Waals surface area contributed by atoms with Gasteiger partial charge in [-0.25, -0.2) is 0 Å². The van der Waals surface area contributed by atoms with Crippen molar-refractivity contribution in [2.45, 2.75) is 32.6 Å². The average Bonchev–Trinajstić information content (AvgIpc) is 2.35. The zero-order valence-electron chi connectivity index (χ0n) is 10.6. The van der Waals surface area contributed by atoms with Crippen LogP contribution in [0.4, 0.5) is 0 Å². The van der Waals surface area contributed by atoms with Crippen LogP contribution in [-0.4, -0.2) is 37.3 Å². The number of nitrogens with one attached hydrogen (secondary N) is 2. The third-order valence-corrected chi connectivity index (χ3v) is 3.35. The SMILES string of the molecule is CCC(CCO)CNC(=O)C1CCCNC1.Cl. The highest BCUT2D eigenvalue weighted by Gasteiger charge is 2.20. The quantitative estimate of drug-likeness (QED) is 0.669. The fourth-order valence-electron chi connectivity index (χ4n) is 2.10. The molecule has 4 nitrogen and oxygen atoms in total. The highest BCUT2D eigenvalue weighted by Crippen LogP contribution is 2.11. The van der Waals surface area contributed by atoms with Crippen LogP contribution < -0.4 is 10.6 Å². The molecule has 0 spiro atoms. The van der Waals surface area contributed by atoms with Gasteiger partial charge in [-0.1, -0.05) is 13.3 Å². The largest absolute Gasteiger partial charge is 0.396 e. The Bertz CT molecular complexity index is 209. The summed E-state index contributed by atoms with van der Waals surface area (Å²) in [6, 6.07) is 0. The van der Waals surface area contributed by atoms with Crippen LogP contribution in [0, 0.1) is 11.8 Å². The van der Waals surface area contributed by atoms with Gasteiger partial charge in [0.2, 0.25) is 5.91 Å². The van der Waals surface area contributed by atoms with Crippen LogP contribution >= 0.6 is 12.4 Å². The van der Waals surface area contributed by atoms with Gasteiger partial charge in [0.1, 0.15) is 0 Å². The van der Waals surface area contributed by atoms with Crippen molar-refractivity contribution in [1.82, 2.24) is 10.6 Å². The standard InChI is InChI=1S/C12H24N2O2.ClH/c1-2-10(5-7-15)8-14-12(16)11-4-3-6-13-9-11;/h10-11,13,15H,2-9H2,1H3,(H,14,16);1H. The molecule has 1 saturated heterocycles. The molecule has 2 unspecified atom stereocenters. The van der Waals surface area contributed by atoms with Crippen molar-refractivity contribution in [2.24, 2.45) is 11.8 Å². The predicted octanol–water partition coefficient (Wildman–Crippen LogP) is 0.933. The number of halogens is 1. The van der Waals surface area contributed by atoms with E-state index in [1.165, 1.54) is 0 Å². The number of carbonyl (C=O) groups excluding carboxylic acids is 1. The van der Waals surface area contributed by atoms with Gasteiger partial charge >= 0.3 is 0 Å². The Kier molecular flexibility index (Phi) is 9.50. The Morgan fingerprint density at radius 1 is 1.59 bits per heavy atom. The van der Waals surface area contributed by atoms with Crippen LogP contribution in [0.25, 0.3) is 0 Å². The lowest BCUT2D eigenvalue weighted by Gasteiger charge is -2.23. The third-order valence-electron chi connectivity index (χ3n) is 3.35. The fourth-order valence-corrected chi connectivity index (χ4v) is 2.10. The van der Waals surface area contributed by atoms with Gasteiger partial charge in [-0.15, -0.1) is 12.4 Å². The molecule has 0 aliphatic carbocycles. The molecular weight excluding hydrogens is 240 g/mol. The summed E-state index contributed by atoms with van der Waals surface area (Å²) >= 11 is 0. The van der Waals surface area contributed by atoms with Crippen molar-refractivity contribution in [3.63, 3.8) is 0 Å². The Balaban J connectivity index is 0.00000256. The minimum atomic E-state index is 0. The van der Waals surface area contributed by atoms with Crippen molar-refractivity contribution in [3.05, 3.63) is 0 Å². The van der Waals surface area contributed by atoms with Crippen LogP contribution in [0.1, 0.15) is 32.6 Å². The molecule has 0 aromatic rings. The van der Waals surface area contributed by atoms with Gasteiger partial charge in [-0.3, -0.25) is 4.79 Å². The highest BCUT2D eigenvalue weighted by molar-refractivity contribution is 5.85. The molecule has 102 valence electrons. The van der Waals surface area contributed by atoms with E-state index in [-0.39, 0.29) is 30.8 Å². The van der Waals surface area contributed by atoms with Gasteiger partial charge in [0, 0.05) is 19.7 Å². The number of hydrogen-bond donors (Lipinski definition) is 3. The molecule has 0 saturated carbocycles. The summed E-state index contributed by atoms with van der Waals surface area (Å²) in [7, 11) is 0. The second-order valence-electron chi connectivity index (χ2n) is 4.57. The Morgan fingerprint density at radius 2 is 2.35 bits per heavy atom. The number of piperidine rings is 1. The number of hydrogen-bond acceptors (Lipinski definition) is 3. The van der Waals surface area contributed by atoms with Gasteiger partial charge < -0.3 is 15.7 Å². The van der Waals surface area contributed by atoms with Gasteiger partial charge in [-0.2, -0.15) is 0 Å². The lowest BCUT2D eigenvalue weighted by atomic mass is 9.98. The molecule has 1 heterocycles. The van der Waals surface area contributed by atoms with Crippen molar-refractivity contribution >= 4 is 18.3 Å². The van der Waals surface area contributed by atoms with Crippen molar-refractivity contribution in [3.8, 4) is 0 Å². The van der Waals surface area contributed by atoms with Crippen LogP contribution in [0.3, 0.4) is 0 Å². The number of rotatable bonds is 6. The van der Waals surface area contributed by atoms with Crippen LogP contribution in [-0.2, 0) is 4.79 Å². The molecule has 1 rings (SSSR count). The topological polar surface area (TPSA) is 61.4 Å². The van der Waals surface area contributed by atoms with Crippen molar-refractivity contribution in [2.75, 3.05) is 26.2 Å². The normalized spacial score (nSPS) is 21.4. The van der Waals surface area contributed by atoms with E-state index < -0.39 is 0 Å². The zero-order chi connectivity index (χ0) is 11.8. The minimum Gasteiger partial charge on any atom is -0.396 e. The summed E-state index contributed by atoms with van der Waals surface area (Å²) in [6.07, 6.45) is 3.87. The molecule has 0 aromatic carbocycles. The maximum atomic E-state index is 11.8. The first kappa shape index (κ1) is 16.7. The maximum Gasteiger partial charge on any atom is 0.224 e. The first-order valence-corrected chi connectivity index (χ1v) is 6.37. The first-order chi connectivity index (χ1) is 7.77. The zero-order valence-corrected chi connectivity index (χ0v) is 11.4. The lowest BCUT2D eigenvalue weighted by molar-refractivity contribution is -0.125. The summed E-state index contributed by atoms with van der Waals surface area (Å²) in [5.41, 5.74) is 0. The number of carbonyl (C=O) groups is 1. The summed E-state index contributed by atoms with van der Waals surface area (Å²) in [5.74, 6) is 0.717. The van der Waals surface area contributed by atoms with Gasteiger partial charge in [0.25, 0.3) is 0 Å². The molecule has 1 fully saturated rings. The van der Waals surface area contributed by atoms with Crippen LogP contribution in [0.5, 0.6) is 0 Å². The predicted molar refractivity (Wildman–Crippen MR) is 71.3 cm³/mol. The molecule has 0 radical (unpaired) electrons. The monoisotopic (exact) mass is 264 g/mol. The average molecular weight is 265 g/mol. The third kappa shape index (κ3) is 6.24. The summed E-state index contributed by atoms with van der Waals surface area (Å²) in [6.45, 7) is 4.84. The van der Waals surface area contributed by atoms with E-state index in [1.807, 2.05) is 0 Å². The maximum absolute atomic E-state index is 11.8. The van der Waals surface area contributed by atoms with Gasteiger partial charge in [0.05, 0.1) is 5.92 Å². The van der Waals surface area contributed by atoms with E-state index in [4.69, 9.17) is 5.11 Å². The molecule has 5 heteroatoms. The molecule has 1 amide bonds.